The molecule has 0 N–H and O–H groups in total. The van der Waals surface area contributed by atoms with Gasteiger partial charge in [0.1, 0.15) is 11.5 Å². The summed E-state index contributed by atoms with van der Waals surface area (Å²) in [6.45, 7) is 5.95. The predicted octanol–water partition coefficient (Wildman–Crippen LogP) is 4.02. The molecule has 0 radical (unpaired) electrons. The summed E-state index contributed by atoms with van der Waals surface area (Å²) >= 11 is 0. The Morgan fingerprint density at radius 3 is 2.56 bits per heavy atom. The minimum atomic E-state index is -0.198. The van der Waals surface area contributed by atoms with E-state index < -0.39 is 0 Å². The zero-order chi connectivity index (χ0) is 13.6. The highest BCUT2D eigenvalue weighted by atomic mass is 16.5. The summed E-state index contributed by atoms with van der Waals surface area (Å²) in [5.74, 6) is 1.26. The van der Waals surface area contributed by atoms with Gasteiger partial charge in [0.15, 0.2) is 0 Å². The molecule has 0 amide bonds. The van der Waals surface area contributed by atoms with Crippen LogP contribution in [0.1, 0.15) is 45.6 Å². The van der Waals surface area contributed by atoms with E-state index in [0.29, 0.717) is 12.2 Å². The lowest BCUT2D eigenvalue weighted by Gasteiger charge is -2.16. The van der Waals surface area contributed by atoms with E-state index in [0.717, 1.165) is 25.0 Å². The maximum atomic E-state index is 11.8. The van der Waals surface area contributed by atoms with Crippen LogP contribution in [0.15, 0.2) is 24.3 Å². The van der Waals surface area contributed by atoms with Crippen molar-refractivity contribution in [3.63, 3.8) is 0 Å². The molecule has 1 aromatic rings. The van der Waals surface area contributed by atoms with Gasteiger partial charge in [0.25, 0.3) is 0 Å². The van der Waals surface area contributed by atoms with Gasteiger partial charge in [0.05, 0.1) is 7.11 Å². The van der Waals surface area contributed by atoms with Gasteiger partial charge in [0.2, 0.25) is 0 Å². The molecule has 0 heterocycles. The molecule has 0 spiro atoms. The zero-order valence-electron chi connectivity index (χ0n) is 12.0. The Bertz CT molecular complexity index is 388. The first-order valence-electron chi connectivity index (χ1n) is 6.59. The molecule has 0 atom stereocenters. The second kappa shape index (κ2) is 6.58. The van der Waals surface area contributed by atoms with Crippen LogP contribution in [0.3, 0.4) is 0 Å². The van der Waals surface area contributed by atoms with Crippen molar-refractivity contribution in [3.8, 4) is 5.75 Å². The highest BCUT2D eigenvalue weighted by Gasteiger charge is 2.19. The molecular weight excluding hydrogens is 224 g/mol. The minimum absolute atomic E-state index is 0.198. The van der Waals surface area contributed by atoms with Crippen molar-refractivity contribution in [2.24, 2.45) is 5.41 Å². The third kappa shape index (κ3) is 4.91. The van der Waals surface area contributed by atoms with Gasteiger partial charge in [-0.05, 0) is 37.0 Å². The molecule has 0 aliphatic rings. The number of ether oxygens (including phenoxy) is 1. The number of rotatable bonds is 6. The maximum absolute atomic E-state index is 11.8. The molecule has 0 aliphatic heterocycles. The van der Waals surface area contributed by atoms with Crippen LogP contribution in [0.5, 0.6) is 5.75 Å². The van der Waals surface area contributed by atoms with Gasteiger partial charge >= 0.3 is 0 Å². The Balaban J connectivity index is 2.32. The van der Waals surface area contributed by atoms with E-state index >= 15 is 0 Å². The number of carbonyl (C=O) groups excluding carboxylic acids is 1. The normalized spacial score (nSPS) is 11.3. The second-order valence-corrected chi connectivity index (χ2v) is 5.73. The van der Waals surface area contributed by atoms with Crippen LogP contribution in [0.4, 0.5) is 0 Å². The molecule has 18 heavy (non-hydrogen) atoms. The quantitative estimate of drug-likeness (QED) is 0.711. The zero-order valence-corrected chi connectivity index (χ0v) is 12.0. The lowest BCUT2D eigenvalue weighted by atomic mass is 9.87. The molecule has 2 heteroatoms. The molecule has 1 aromatic carbocycles. The van der Waals surface area contributed by atoms with Gasteiger partial charge in [0, 0.05) is 11.8 Å². The summed E-state index contributed by atoms with van der Waals surface area (Å²) in [7, 11) is 1.68. The second-order valence-electron chi connectivity index (χ2n) is 5.73. The lowest BCUT2D eigenvalue weighted by Crippen LogP contribution is -2.19. The fourth-order valence-electron chi connectivity index (χ4n) is 1.82. The number of unbranched alkanes of at least 4 members (excludes halogenated alkanes) is 1. The molecule has 0 aliphatic carbocycles. The van der Waals surface area contributed by atoms with Crippen molar-refractivity contribution in [1.82, 2.24) is 0 Å². The fourth-order valence-corrected chi connectivity index (χ4v) is 1.82. The summed E-state index contributed by atoms with van der Waals surface area (Å²) in [4.78, 5) is 11.8. The third-order valence-electron chi connectivity index (χ3n) is 3.09. The Kier molecular flexibility index (Phi) is 5.39. The van der Waals surface area contributed by atoms with Gasteiger partial charge in [-0.1, -0.05) is 32.9 Å². The van der Waals surface area contributed by atoms with Crippen molar-refractivity contribution < 1.29 is 9.53 Å². The topological polar surface area (TPSA) is 26.3 Å². The molecule has 0 aromatic heterocycles. The van der Waals surface area contributed by atoms with Crippen LogP contribution in [-0.2, 0) is 11.2 Å². The van der Waals surface area contributed by atoms with E-state index in [2.05, 4.69) is 12.1 Å². The first-order chi connectivity index (χ1) is 8.43. The molecule has 0 saturated carbocycles. The van der Waals surface area contributed by atoms with Gasteiger partial charge in [-0.25, -0.2) is 0 Å². The Labute approximate surface area is 110 Å². The highest BCUT2D eigenvalue weighted by Crippen LogP contribution is 2.19. The molecule has 0 unspecified atom stereocenters. The smallest absolute Gasteiger partial charge is 0.138 e. The fraction of sp³-hybridized carbons (Fsp3) is 0.562. The van der Waals surface area contributed by atoms with Crippen LogP contribution in [0, 0.1) is 5.41 Å². The van der Waals surface area contributed by atoms with Crippen molar-refractivity contribution in [3.05, 3.63) is 29.8 Å². The number of Topliss-reactive ketones (excluding diaryl/α,β-unsaturated/α-hetero) is 1. The monoisotopic (exact) mass is 248 g/mol. The number of carbonyl (C=O) groups is 1. The van der Waals surface area contributed by atoms with Gasteiger partial charge in [-0.2, -0.15) is 0 Å². The summed E-state index contributed by atoms with van der Waals surface area (Å²) in [5, 5.41) is 0. The largest absolute Gasteiger partial charge is 0.497 e. The van der Waals surface area contributed by atoms with E-state index in [-0.39, 0.29) is 5.41 Å². The molecule has 2 nitrogen and oxygen atoms in total. The first kappa shape index (κ1) is 14.7. The highest BCUT2D eigenvalue weighted by molar-refractivity contribution is 5.83. The minimum Gasteiger partial charge on any atom is -0.497 e. The first-order valence-corrected chi connectivity index (χ1v) is 6.59. The van der Waals surface area contributed by atoms with Crippen LogP contribution >= 0.6 is 0 Å². The summed E-state index contributed by atoms with van der Waals surface area (Å²) in [5.41, 5.74) is 1.08. The molecule has 100 valence electrons. The number of benzene rings is 1. The van der Waals surface area contributed by atoms with Crippen molar-refractivity contribution in [1.29, 1.82) is 0 Å². The standard InChI is InChI=1S/C16H24O2/c1-16(2,3)15(17)11-6-5-8-13-9-7-10-14(12-13)18-4/h7,9-10,12H,5-6,8,11H2,1-4H3. The van der Waals surface area contributed by atoms with E-state index in [9.17, 15) is 4.79 Å². The summed E-state index contributed by atoms with van der Waals surface area (Å²) < 4.78 is 5.19. The summed E-state index contributed by atoms with van der Waals surface area (Å²) in [6.07, 6.45) is 3.71. The van der Waals surface area contributed by atoms with E-state index in [1.54, 1.807) is 7.11 Å². The SMILES string of the molecule is COc1cccc(CCCCC(=O)C(C)(C)C)c1. The van der Waals surface area contributed by atoms with Gasteiger partial charge in [-0.15, -0.1) is 0 Å². The lowest BCUT2D eigenvalue weighted by molar-refractivity contribution is -0.126. The molecule has 0 bridgehead atoms. The number of ketones is 1. The Morgan fingerprint density at radius 1 is 1.22 bits per heavy atom. The number of aryl methyl sites for hydroxylation is 1. The Hall–Kier alpha value is -1.31. The van der Waals surface area contributed by atoms with E-state index in [4.69, 9.17) is 4.74 Å². The molecule has 0 saturated heterocycles. The number of hydrogen-bond donors (Lipinski definition) is 0. The van der Waals surface area contributed by atoms with Crippen LogP contribution < -0.4 is 4.74 Å². The molecular formula is C16H24O2. The van der Waals surface area contributed by atoms with E-state index in [1.807, 2.05) is 32.9 Å². The van der Waals surface area contributed by atoms with Crippen molar-refractivity contribution in [2.45, 2.75) is 46.5 Å². The third-order valence-corrected chi connectivity index (χ3v) is 3.09. The summed E-state index contributed by atoms with van der Waals surface area (Å²) in [6, 6.07) is 8.13. The van der Waals surface area contributed by atoms with Gasteiger partial charge < -0.3 is 4.74 Å². The van der Waals surface area contributed by atoms with Gasteiger partial charge in [-0.3, -0.25) is 4.79 Å². The Morgan fingerprint density at radius 2 is 1.94 bits per heavy atom. The van der Waals surface area contributed by atoms with Crippen LogP contribution in [-0.4, -0.2) is 12.9 Å². The number of methoxy groups -OCH3 is 1. The number of hydrogen-bond acceptors (Lipinski definition) is 2. The van der Waals surface area contributed by atoms with Crippen LogP contribution in [0.25, 0.3) is 0 Å². The van der Waals surface area contributed by atoms with Crippen molar-refractivity contribution in [2.75, 3.05) is 7.11 Å². The average Bonchev–Trinajstić information content (AvgIpc) is 2.33. The van der Waals surface area contributed by atoms with Crippen LogP contribution in [0.2, 0.25) is 0 Å². The molecule has 1 rings (SSSR count). The maximum Gasteiger partial charge on any atom is 0.138 e. The van der Waals surface area contributed by atoms with E-state index in [1.165, 1.54) is 5.56 Å². The molecule has 0 fully saturated rings. The average molecular weight is 248 g/mol. The van der Waals surface area contributed by atoms with Crippen molar-refractivity contribution >= 4 is 5.78 Å². The predicted molar refractivity (Wildman–Crippen MR) is 75.0 cm³/mol.